The van der Waals surface area contributed by atoms with Crippen molar-refractivity contribution >= 4 is 15.9 Å². The zero-order valence-corrected chi connectivity index (χ0v) is 14.2. The van der Waals surface area contributed by atoms with Crippen LogP contribution in [0.5, 0.6) is 0 Å². The van der Waals surface area contributed by atoms with Gasteiger partial charge in [0, 0.05) is 11.9 Å². The van der Waals surface area contributed by atoms with E-state index in [0.29, 0.717) is 4.83 Å². The van der Waals surface area contributed by atoms with E-state index in [2.05, 4.69) is 40.2 Å². The molecule has 1 fully saturated rings. The maximum absolute atomic E-state index is 5.14. The molecule has 1 atom stereocenters. The van der Waals surface area contributed by atoms with Gasteiger partial charge in [0.15, 0.2) is 0 Å². The number of hydrogen-bond donors (Lipinski definition) is 0. The number of methoxy groups -OCH3 is 1. The Bertz CT molecular complexity index is 366. The number of hydrogen-bond acceptors (Lipinski definition) is 1. The van der Waals surface area contributed by atoms with Gasteiger partial charge in [-0.15, -0.1) is 0 Å². The lowest BCUT2D eigenvalue weighted by Gasteiger charge is -2.25. The predicted molar refractivity (Wildman–Crippen MR) is 89.5 cm³/mol. The van der Waals surface area contributed by atoms with Gasteiger partial charge < -0.3 is 4.74 Å². The van der Waals surface area contributed by atoms with E-state index in [1.807, 2.05) is 0 Å². The van der Waals surface area contributed by atoms with Gasteiger partial charge in [-0.1, -0.05) is 72.3 Å². The summed E-state index contributed by atoms with van der Waals surface area (Å²) >= 11 is 3.96. The topological polar surface area (TPSA) is 9.23 Å². The van der Waals surface area contributed by atoms with Crippen LogP contribution in [-0.2, 0) is 11.2 Å². The van der Waals surface area contributed by atoms with Crippen molar-refractivity contribution in [3.63, 3.8) is 0 Å². The van der Waals surface area contributed by atoms with Crippen molar-refractivity contribution in [3.8, 4) is 0 Å². The molecule has 1 nitrogen and oxygen atoms in total. The summed E-state index contributed by atoms with van der Waals surface area (Å²) in [6.45, 7) is 0.805. The van der Waals surface area contributed by atoms with Crippen molar-refractivity contribution in [2.75, 3.05) is 13.7 Å². The molecule has 1 aliphatic rings. The highest BCUT2D eigenvalue weighted by molar-refractivity contribution is 9.09. The van der Waals surface area contributed by atoms with Gasteiger partial charge in [0.2, 0.25) is 0 Å². The Labute approximate surface area is 132 Å². The second kappa shape index (κ2) is 8.84. The molecule has 1 aromatic carbocycles. The van der Waals surface area contributed by atoms with E-state index in [0.717, 1.165) is 18.9 Å². The predicted octanol–water partition coefficient (Wildman–Crippen LogP) is 5.67. The summed E-state index contributed by atoms with van der Waals surface area (Å²) < 4.78 is 5.14. The largest absolute Gasteiger partial charge is 0.384 e. The SMILES string of the molecule is COCCc1ccc(C(Br)C2CCCCCCC2)cc1. The molecule has 0 bridgehead atoms. The molecular formula is C18H27BrO. The van der Waals surface area contributed by atoms with E-state index in [9.17, 15) is 0 Å². The Morgan fingerprint density at radius 3 is 2.25 bits per heavy atom. The molecule has 0 heterocycles. The minimum absolute atomic E-state index is 0.525. The molecule has 2 heteroatoms. The summed E-state index contributed by atoms with van der Waals surface area (Å²) in [6, 6.07) is 9.10. The first kappa shape index (κ1) is 16.0. The summed E-state index contributed by atoms with van der Waals surface area (Å²) in [6.07, 6.45) is 10.8. The summed E-state index contributed by atoms with van der Waals surface area (Å²) in [5.41, 5.74) is 2.81. The van der Waals surface area contributed by atoms with Crippen LogP contribution in [0.1, 0.15) is 60.9 Å². The quantitative estimate of drug-likeness (QED) is 0.628. The van der Waals surface area contributed by atoms with E-state index in [-0.39, 0.29) is 0 Å². The first-order valence-electron chi connectivity index (χ1n) is 8.03. The summed E-state index contributed by atoms with van der Waals surface area (Å²) in [4.78, 5) is 0.525. The summed E-state index contributed by atoms with van der Waals surface area (Å²) in [7, 11) is 1.76. The smallest absolute Gasteiger partial charge is 0.0502 e. The van der Waals surface area contributed by atoms with Crippen molar-refractivity contribution in [2.45, 2.75) is 56.2 Å². The van der Waals surface area contributed by atoms with Crippen LogP contribution < -0.4 is 0 Å². The molecule has 112 valence electrons. The molecular weight excluding hydrogens is 312 g/mol. The fourth-order valence-corrected chi connectivity index (χ4v) is 3.97. The van der Waals surface area contributed by atoms with Crippen LogP contribution in [0, 0.1) is 5.92 Å². The fourth-order valence-electron chi connectivity index (χ4n) is 3.14. The van der Waals surface area contributed by atoms with Crippen molar-refractivity contribution in [1.82, 2.24) is 0 Å². The molecule has 20 heavy (non-hydrogen) atoms. The third kappa shape index (κ3) is 4.89. The molecule has 0 spiro atoms. The van der Waals surface area contributed by atoms with Crippen molar-refractivity contribution in [1.29, 1.82) is 0 Å². The summed E-state index contributed by atoms with van der Waals surface area (Å²) in [5.74, 6) is 0.806. The zero-order chi connectivity index (χ0) is 14.2. The molecule has 0 saturated heterocycles. The van der Waals surface area contributed by atoms with Gasteiger partial charge >= 0.3 is 0 Å². The van der Waals surface area contributed by atoms with Crippen LogP contribution in [-0.4, -0.2) is 13.7 Å². The van der Waals surface area contributed by atoms with Gasteiger partial charge in [-0.2, -0.15) is 0 Å². The van der Waals surface area contributed by atoms with Crippen LogP contribution in [0.2, 0.25) is 0 Å². The van der Waals surface area contributed by atoms with Crippen LogP contribution in [0.25, 0.3) is 0 Å². The van der Waals surface area contributed by atoms with Crippen molar-refractivity contribution < 1.29 is 4.74 Å². The van der Waals surface area contributed by atoms with Gasteiger partial charge in [-0.25, -0.2) is 0 Å². The van der Waals surface area contributed by atoms with Crippen molar-refractivity contribution in [2.24, 2.45) is 5.92 Å². The second-order valence-corrected chi connectivity index (χ2v) is 6.98. The van der Waals surface area contributed by atoms with Crippen molar-refractivity contribution in [3.05, 3.63) is 35.4 Å². The number of alkyl halides is 1. The Morgan fingerprint density at radius 2 is 1.65 bits per heavy atom. The molecule has 0 aromatic heterocycles. The van der Waals surface area contributed by atoms with Crippen LogP contribution >= 0.6 is 15.9 Å². The molecule has 0 N–H and O–H groups in total. The van der Waals surface area contributed by atoms with E-state index < -0.39 is 0 Å². The lowest BCUT2D eigenvalue weighted by molar-refractivity contribution is 0.202. The monoisotopic (exact) mass is 338 g/mol. The normalized spacial score (nSPS) is 19.3. The molecule has 1 saturated carbocycles. The maximum atomic E-state index is 5.14. The molecule has 1 aliphatic carbocycles. The molecule has 2 rings (SSSR count). The maximum Gasteiger partial charge on any atom is 0.0502 e. The zero-order valence-electron chi connectivity index (χ0n) is 12.6. The number of rotatable bonds is 5. The highest BCUT2D eigenvalue weighted by Crippen LogP contribution is 2.38. The van der Waals surface area contributed by atoms with Gasteiger partial charge in [-0.05, 0) is 36.3 Å². The van der Waals surface area contributed by atoms with Gasteiger partial charge in [0.05, 0.1) is 6.61 Å². The Kier molecular flexibility index (Phi) is 7.09. The minimum Gasteiger partial charge on any atom is -0.384 e. The van der Waals surface area contributed by atoms with Crippen LogP contribution in [0.15, 0.2) is 24.3 Å². The standard InChI is InChI=1S/C18H27BrO/c1-20-14-13-15-9-11-17(12-10-15)18(19)16-7-5-3-2-4-6-8-16/h9-12,16,18H,2-8,13-14H2,1H3. The first-order chi connectivity index (χ1) is 9.81. The third-order valence-electron chi connectivity index (χ3n) is 4.46. The van der Waals surface area contributed by atoms with Gasteiger partial charge in [0.1, 0.15) is 0 Å². The number of halogens is 1. The molecule has 1 aromatic rings. The highest BCUT2D eigenvalue weighted by atomic mass is 79.9. The van der Waals surface area contributed by atoms with Gasteiger partial charge in [0.25, 0.3) is 0 Å². The Balaban J connectivity index is 1.94. The van der Waals surface area contributed by atoms with E-state index in [1.54, 1.807) is 7.11 Å². The molecule has 0 aliphatic heterocycles. The number of ether oxygens (including phenoxy) is 1. The number of benzene rings is 1. The van der Waals surface area contributed by atoms with E-state index in [4.69, 9.17) is 4.74 Å². The van der Waals surface area contributed by atoms with Crippen LogP contribution in [0.4, 0.5) is 0 Å². The van der Waals surface area contributed by atoms with Gasteiger partial charge in [-0.3, -0.25) is 0 Å². The van der Waals surface area contributed by atoms with E-state index >= 15 is 0 Å². The molecule has 0 radical (unpaired) electrons. The second-order valence-electron chi connectivity index (χ2n) is 5.99. The Hall–Kier alpha value is -0.340. The molecule has 0 amide bonds. The lowest BCUT2D eigenvalue weighted by atomic mass is 9.86. The van der Waals surface area contributed by atoms with E-state index in [1.165, 1.54) is 56.1 Å². The first-order valence-corrected chi connectivity index (χ1v) is 8.94. The average molecular weight is 339 g/mol. The molecule has 1 unspecified atom stereocenters. The summed E-state index contributed by atoms with van der Waals surface area (Å²) in [5, 5.41) is 0. The minimum atomic E-state index is 0.525. The Morgan fingerprint density at radius 1 is 1.05 bits per heavy atom. The third-order valence-corrected chi connectivity index (χ3v) is 5.73. The average Bonchev–Trinajstić information content (AvgIpc) is 2.45. The van der Waals surface area contributed by atoms with Crippen LogP contribution in [0.3, 0.4) is 0 Å². The highest BCUT2D eigenvalue weighted by Gasteiger charge is 2.21. The fraction of sp³-hybridized carbons (Fsp3) is 0.667. The lowest BCUT2D eigenvalue weighted by Crippen LogP contribution is -2.10.